The Bertz CT molecular complexity index is 335. The largest absolute Gasteiger partial charge is 0.393 e. The number of ketones is 1. The average molecular weight is 270 g/mol. The van der Waals surface area contributed by atoms with Crippen LogP contribution in [0.1, 0.15) is 52.9 Å². The normalized spacial score (nSPS) is 40.5. The zero-order valence-corrected chi connectivity index (χ0v) is 12.3. The molecule has 4 nitrogen and oxygen atoms in total. The van der Waals surface area contributed by atoms with Gasteiger partial charge < -0.3 is 14.6 Å². The molecule has 1 heterocycles. The number of ether oxygens (including phenoxy) is 2. The smallest absolute Gasteiger partial charge is 0.169 e. The van der Waals surface area contributed by atoms with Crippen LogP contribution in [0, 0.1) is 11.3 Å². The van der Waals surface area contributed by atoms with Crippen LogP contribution in [0.3, 0.4) is 0 Å². The molecule has 0 aromatic heterocycles. The summed E-state index contributed by atoms with van der Waals surface area (Å²) >= 11 is 0. The van der Waals surface area contributed by atoms with Crippen LogP contribution in [0.5, 0.6) is 0 Å². The summed E-state index contributed by atoms with van der Waals surface area (Å²) in [7, 11) is 0. The van der Waals surface area contributed by atoms with Crippen LogP contribution >= 0.6 is 0 Å². The molecule has 1 aliphatic heterocycles. The van der Waals surface area contributed by atoms with Gasteiger partial charge in [0.1, 0.15) is 5.78 Å². The number of hydrogen-bond acceptors (Lipinski definition) is 4. The van der Waals surface area contributed by atoms with Gasteiger partial charge in [-0.3, -0.25) is 4.79 Å². The Hall–Kier alpha value is -0.450. The lowest BCUT2D eigenvalue weighted by Crippen LogP contribution is -2.55. The third kappa shape index (κ3) is 2.46. The van der Waals surface area contributed by atoms with Crippen LogP contribution in [0.2, 0.25) is 0 Å². The zero-order chi connectivity index (χ0) is 14.1. The Morgan fingerprint density at radius 1 is 1.21 bits per heavy atom. The van der Waals surface area contributed by atoms with Gasteiger partial charge in [-0.25, -0.2) is 0 Å². The summed E-state index contributed by atoms with van der Waals surface area (Å²) in [5.41, 5.74) is -0.268. The topological polar surface area (TPSA) is 55.8 Å². The quantitative estimate of drug-likeness (QED) is 0.733. The van der Waals surface area contributed by atoms with Gasteiger partial charge in [-0.1, -0.05) is 20.8 Å². The lowest BCUT2D eigenvalue weighted by Gasteiger charge is -2.51. The Balaban J connectivity index is 0.000000637. The molecule has 110 valence electrons. The van der Waals surface area contributed by atoms with Crippen LogP contribution in [-0.4, -0.2) is 36.0 Å². The zero-order valence-electron chi connectivity index (χ0n) is 12.3. The molecule has 0 radical (unpaired) electrons. The summed E-state index contributed by atoms with van der Waals surface area (Å²) in [6.07, 6.45) is 2.98. The van der Waals surface area contributed by atoms with Gasteiger partial charge in [-0.2, -0.15) is 0 Å². The van der Waals surface area contributed by atoms with Gasteiger partial charge in [0.05, 0.1) is 19.3 Å². The molecule has 1 unspecified atom stereocenters. The van der Waals surface area contributed by atoms with Crippen molar-refractivity contribution in [1.82, 2.24) is 0 Å². The van der Waals surface area contributed by atoms with E-state index in [0.717, 1.165) is 12.8 Å². The van der Waals surface area contributed by atoms with Gasteiger partial charge in [-0.05, 0) is 12.8 Å². The number of carbonyl (C=O) groups excluding carboxylic acids is 1. The van der Waals surface area contributed by atoms with Gasteiger partial charge in [0, 0.05) is 30.6 Å². The second-order valence-electron chi connectivity index (χ2n) is 5.89. The Labute approximate surface area is 115 Å². The van der Waals surface area contributed by atoms with Crippen LogP contribution in [0.25, 0.3) is 0 Å². The van der Waals surface area contributed by atoms with E-state index in [1.54, 1.807) is 0 Å². The molecule has 2 saturated carbocycles. The second-order valence-corrected chi connectivity index (χ2v) is 5.89. The minimum absolute atomic E-state index is 0.0990. The molecular formula is C15H26O4. The highest BCUT2D eigenvalue weighted by Crippen LogP contribution is 2.53. The molecule has 3 aliphatic rings. The van der Waals surface area contributed by atoms with E-state index in [0.29, 0.717) is 32.5 Å². The molecule has 1 spiro atoms. The monoisotopic (exact) mass is 270 g/mol. The maximum Gasteiger partial charge on any atom is 0.169 e. The highest BCUT2D eigenvalue weighted by atomic mass is 16.7. The van der Waals surface area contributed by atoms with Crippen molar-refractivity contribution in [2.45, 2.75) is 64.8 Å². The lowest BCUT2D eigenvalue weighted by molar-refractivity contribution is -0.221. The molecule has 19 heavy (non-hydrogen) atoms. The Morgan fingerprint density at radius 3 is 2.47 bits per heavy atom. The molecule has 0 aromatic carbocycles. The number of carbonyl (C=O) groups is 1. The summed E-state index contributed by atoms with van der Waals surface area (Å²) in [6.45, 7) is 7.29. The number of rotatable bonds is 0. The van der Waals surface area contributed by atoms with Crippen molar-refractivity contribution in [1.29, 1.82) is 0 Å². The summed E-state index contributed by atoms with van der Waals surface area (Å²) in [6, 6.07) is 0. The van der Waals surface area contributed by atoms with Crippen molar-refractivity contribution in [3.8, 4) is 0 Å². The minimum Gasteiger partial charge on any atom is -0.393 e. The molecule has 3 fully saturated rings. The summed E-state index contributed by atoms with van der Waals surface area (Å²) < 4.78 is 11.4. The van der Waals surface area contributed by atoms with E-state index in [9.17, 15) is 9.90 Å². The van der Waals surface area contributed by atoms with Crippen LogP contribution in [-0.2, 0) is 14.3 Å². The molecule has 4 heteroatoms. The van der Waals surface area contributed by atoms with Crippen LogP contribution in [0.15, 0.2) is 0 Å². The van der Waals surface area contributed by atoms with Gasteiger partial charge in [0.25, 0.3) is 0 Å². The van der Waals surface area contributed by atoms with Gasteiger partial charge in [-0.15, -0.1) is 0 Å². The van der Waals surface area contributed by atoms with Crippen molar-refractivity contribution >= 4 is 5.78 Å². The fraction of sp³-hybridized carbons (Fsp3) is 0.933. The van der Waals surface area contributed by atoms with E-state index >= 15 is 0 Å². The summed E-state index contributed by atoms with van der Waals surface area (Å²) in [5, 5.41) is 10.2. The van der Waals surface area contributed by atoms with E-state index in [1.165, 1.54) is 0 Å². The standard InChI is InChI=1S/C13H20O4.C2H6/c1-12-4-5-13(16-6-7-17-13)8-9(12)10(14)2-3-11(12)15;1-2/h9,11,15H,2-8H2,1H3;1-2H3/t9-,11?,12+;/m1./s1. The maximum atomic E-state index is 12.1. The van der Waals surface area contributed by atoms with Crippen molar-refractivity contribution in [2.75, 3.05) is 13.2 Å². The van der Waals surface area contributed by atoms with E-state index in [4.69, 9.17) is 9.47 Å². The first kappa shape index (κ1) is 14.9. The predicted octanol–water partition coefficient (Wildman–Crippen LogP) is 2.29. The highest BCUT2D eigenvalue weighted by Gasteiger charge is 2.56. The fourth-order valence-corrected chi connectivity index (χ4v) is 3.70. The number of aliphatic hydroxyl groups excluding tert-OH is 1. The lowest BCUT2D eigenvalue weighted by atomic mass is 9.57. The fourth-order valence-electron chi connectivity index (χ4n) is 3.70. The van der Waals surface area contributed by atoms with E-state index in [1.807, 2.05) is 20.8 Å². The van der Waals surface area contributed by atoms with E-state index in [-0.39, 0.29) is 23.2 Å². The summed E-state index contributed by atoms with van der Waals surface area (Å²) in [5.74, 6) is -0.356. The van der Waals surface area contributed by atoms with Crippen molar-refractivity contribution in [2.24, 2.45) is 11.3 Å². The number of aliphatic hydroxyl groups is 1. The molecule has 0 aromatic rings. The van der Waals surface area contributed by atoms with Crippen molar-refractivity contribution in [3.05, 3.63) is 0 Å². The van der Waals surface area contributed by atoms with Gasteiger partial charge in [0.2, 0.25) is 0 Å². The molecule has 0 amide bonds. The first-order valence-corrected chi connectivity index (χ1v) is 7.54. The number of hydrogen-bond donors (Lipinski definition) is 1. The molecule has 2 aliphatic carbocycles. The molecule has 3 rings (SSSR count). The maximum absolute atomic E-state index is 12.1. The second kappa shape index (κ2) is 5.51. The average Bonchev–Trinajstić information content (AvgIpc) is 2.88. The molecule has 3 atom stereocenters. The molecule has 1 N–H and O–H groups in total. The minimum atomic E-state index is -0.531. The first-order chi connectivity index (χ1) is 9.06. The number of fused-ring (bicyclic) bond motifs is 1. The molecule has 1 saturated heterocycles. The first-order valence-electron chi connectivity index (χ1n) is 7.54. The van der Waals surface area contributed by atoms with Crippen LogP contribution in [0.4, 0.5) is 0 Å². The summed E-state index contributed by atoms with van der Waals surface area (Å²) in [4.78, 5) is 12.1. The Kier molecular flexibility index (Phi) is 4.33. The van der Waals surface area contributed by atoms with Gasteiger partial charge >= 0.3 is 0 Å². The highest BCUT2D eigenvalue weighted by molar-refractivity contribution is 5.83. The van der Waals surface area contributed by atoms with E-state index in [2.05, 4.69) is 0 Å². The molecule has 0 bridgehead atoms. The number of Topliss-reactive ketones (excluding diaryl/α,β-unsaturated/α-hetero) is 1. The third-order valence-corrected chi connectivity index (χ3v) is 4.98. The predicted molar refractivity (Wildman–Crippen MR) is 71.7 cm³/mol. The third-order valence-electron chi connectivity index (χ3n) is 4.98. The Morgan fingerprint density at radius 2 is 1.84 bits per heavy atom. The molecular weight excluding hydrogens is 244 g/mol. The SMILES string of the molecule is CC.C[C@]12CCC3(C[C@@H]1C(=O)CCC2O)OCCO3. The van der Waals surface area contributed by atoms with Crippen molar-refractivity contribution in [3.63, 3.8) is 0 Å². The van der Waals surface area contributed by atoms with Gasteiger partial charge in [0.15, 0.2) is 5.79 Å². The van der Waals surface area contributed by atoms with Crippen LogP contribution < -0.4 is 0 Å². The van der Waals surface area contributed by atoms with Crippen molar-refractivity contribution < 1.29 is 19.4 Å². The van der Waals surface area contributed by atoms with E-state index < -0.39 is 5.79 Å².